The van der Waals surface area contributed by atoms with Crippen LogP contribution in [0, 0.1) is 27.7 Å². The molecule has 1 aromatic heterocycles. The van der Waals surface area contributed by atoms with Crippen LogP contribution in [0.3, 0.4) is 0 Å². The fraction of sp³-hybridized carbons (Fsp3) is 0.286. The maximum Gasteiger partial charge on any atom is 0.145 e. The van der Waals surface area contributed by atoms with E-state index in [1.807, 2.05) is 31.2 Å². The number of rotatable bonds is 5. The lowest BCUT2D eigenvalue weighted by molar-refractivity contribution is 0.217. The molecule has 3 nitrogen and oxygen atoms in total. The maximum absolute atomic E-state index is 5.93. The Hall–Kier alpha value is -2.55. The first-order valence-corrected chi connectivity index (χ1v) is 8.24. The number of aromatic nitrogens is 1. The van der Waals surface area contributed by atoms with Crippen LogP contribution in [0.15, 0.2) is 42.5 Å². The molecular weight excluding hydrogens is 298 g/mol. The number of nitrogens with zero attached hydrogens (tertiary/aromatic N) is 1. The van der Waals surface area contributed by atoms with E-state index < -0.39 is 0 Å². The molecule has 24 heavy (non-hydrogen) atoms. The highest BCUT2D eigenvalue weighted by molar-refractivity contribution is 5.84. The fourth-order valence-corrected chi connectivity index (χ4v) is 3.02. The van der Waals surface area contributed by atoms with Crippen LogP contribution in [0.1, 0.15) is 22.4 Å². The number of pyridine rings is 1. The Labute approximate surface area is 143 Å². The van der Waals surface area contributed by atoms with Gasteiger partial charge in [0.25, 0.3) is 0 Å². The Morgan fingerprint density at radius 1 is 0.833 bits per heavy atom. The molecule has 0 fully saturated rings. The van der Waals surface area contributed by atoms with Crippen molar-refractivity contribution in [2.45, 2.75) is 27.7 Å². The maximum atomic E-state index is 5.93. The topological polar surface area (TPSA) is 31.4 Å². The number of para-hydroxylation sites is 1. The van der Waals surface area contributed by atoms with Crippen LogP contribution in [0.2, 0.25) is 0 Å². The van der Waals surface area contributed by atoms with Gasteiger partial charge in [0, 0.05) is 11.1 Å². The van der Waals surface area contributed by atoms with Gasteiger partial charge >= 0.3 is 0 Å². The number of benzene rings is 2. The van der Waals surface area contributed by atoms with E-state index in [1.54, 1.807) is 0 Å². The zero-order valence-electron chi connectivity index (χ0n) is 14.7. The molecule has 1 heterocycles. The smallest absolute Gasteiger partial charge is 0.145 e. The number of hydrogen-bond donors (Lipinski definition) is 0. The summed E-state index contributed by atoms with van der Waals surface area (Å²) in [7, 11) is 0. The molecule has 0 saturated heterocycles. The van der Waals surface area contributed by atoms with Crippen molar-refractivity contribution < 1.29 is 9.47 Å². The second-order valence-corrected chi connectivity index (χ2v) is 6.21. The molecule has 124 valence electrons. The molecule has 3 heteroatoms. The minimum absolute atomic E-state index is 0.488. The van der Waals surface area contributed by atoms with Crippen LogP contribution in [0.4, 0.5) is 0 Å². The summed E-state index contributed by atoms with van der Waals surface area (Å²) < 4.78 is 11.8. The number of ether oxygens (including phenoxy) is 2. The fourth-order valence-electron chi connectivity index (χ4n) is 3.02. The molecule has 0 N–H and O–H groups in total. The van der Waals surface area contributed by atoms with E-state index in [2.05, 4.69) is 44.0 Å². The lowest BCUT2D eigenvalue weighted by Crippen LogP contribution is -2.10. The van der Waals surface area contributed by atoms with E-state index in [1.165, 1.54) is 5.56 Å². The highest BCUT2D eigenvalue weighted by atomic mass is 16.5. The summed E-state index contributed by atoms with van der Waals surface area (Å²) in [6.45, 7) is 9.24. The number of aryl methyl sites for hydroxylation is 4. The van der Waals surface area contributed by atoms with Crippen molar-refractivity contribution in [1.82, 2.24) is 4.98 Å². The summed E-state index contributed by atoms with van der Waals surface area (Å²) in [5.74, 6) is 1.76. The highest BCUT2D eigenvalue weighted by Gasteiger charge is 2.07. The molecular formula is C21H23NO2. The summed E-state index contributed by atoms with van der Waals surface area (Å²) in [6.07, 6.45) is 0. The molecule has 0 bridgehead atoms. The first kappa shape index (κ1) is 16.3. The molecule has 0 unspecified atom stereocenters. The first-order chi connectivity index (χ1) is 11.5. The van der Waals surface area contributed by atoms with Crippen molar-refractivity contribution in [3.8, 4) is 11.5 Å². The lowest BCUT2D eigenvalue weighted by Gasteiger charge is -2.14. The largest absolute Gasteiger partial charge is 0.489 e. The van der Waals surface area contributed by atoms with Crippen LogP contribution < -0.4 is 9.47 Å². The summed E-state index contributed by atoms with van der Waals surface area (Å²) in [4.78, 5) is 4.58. The molecule has 3 aromatic rings. The van der Waals surface area contributed by atoms with Crippen molar-refractivity contribution in [3.63, 3.8) is 0 Å². The van der Waals surface area contributed by atoms with E-state index in [0.29, 0.717) is 13.2 Å². The third kappa shape index (κ3) is 3.51. The Bertz CT molecular complexity index is 848. The second-order valence-electron chi connectivity index (χ2n) is 6.21. The Kier molecular flexibility index (Phi) is 4.70. The van der Waals surface area contributed by atoms with Crippen molar-refractivity contribution in [3.05, 3.63) is 64.8 Å². The van der Waals surface area contributed by atoms with Gasteiger partial charge in [-0.25, -0.2) is 4.98 Å². The van der Waals surface area contributed by atoms with Gasteiger partial charge in [0.2, 0.25) is 0 Å². The minimum atomic E-state index is 0.488. The van der Waals surface area contributed by atoms with Crippen molar-refractivity contribution in [2.75, 3.05) is 13.2 Å². The molecule has 2 aromatic carbocycles. The highest BCUT2D eigenvalue weighted by Crippen LogP contribution is 2.26. The van der Waals surface area contributed by atoms with Gasteiger partial charge in [-0.05, 0) is 51.0 Å². The zero-order chi connectivity index (χ0) is 17.1. The van der Waals surface area contributed by atoms with Gasteiger partial charge in [0.1, 0.15) is 30.2 Å². The third-order valence-electron chi connectivity index (χ3n) is 4.01. The number of fused-ring (bicyclic) bond motifs is 1. The van der Waals surface area contributed by atoms with E-state index in [4.69, 9.17) is 9.47 Å². The quantitative estimate of drug-likeness (QED) is 0.625. The van der Waals surface area contributed by atoms with Crippen molar-refractivity contribution in [2.24, 2.45) is 0 Å². The van der Waals surface area contributed by atoms with Crippen LogP contribution in [0.5, 0.6) is 11.5 Å². The molecule has 0 aliphatic heterocycles. The second kappa shape index (κ2) is 6.91. The van der Waals surface area contributed by atoms with E-state index >= 15 is 0 Å². The van der Waals surface area contributed by atoms with Crippen LogP contribution in [-0.4, -0.2) is 18.2 Å². The first-order valence-electron chi connectivity index (χ1n) is 8.24. The SMILES string of the molecule is Cc1cc(C)c(OCCOc2cccc3ccc(C)nc23)c(C)c1. The van der Waals surface area contributed by atoms with Gasteiger partial charge in [0.15, 0.2) is 0 Å². The predicted molar refractivity (Wildman–Crippen MR) is 98.1 cm³/mol. The van der Waals surface area contributed by atoms with Gasteiger partial charge in [-0.3, -0.25) is 0 Å². The summed E-state index contributed by atoms with van der Waals surface area (Å²) >= 11 is 0. The van der Waals surface area contributed by atoms with E-state index in [-0.39, 0.29) is 0 Å². The average Bonchev–Trinajstić information content (AvgIpc) is 2.53. The molecule has 0 spiro atoms. The molecule has 0 radical (unpaired) electrons. The van der Waals surface area contributed by atoms with Crippen LogP contribution >= 0.6 is 0 Å². The van der Waals surface area contributed by atoms with Gasteiger partial charge < -0.3 is 9.47 Å². The molecule has 0 saturated carbocycles. The van der Waals surface area contributed by atoms with Gasteiger partial charge in [-0.15, -0.1) is 0 Å². The Morgan fingerprint density at radius 2 is 1.54 bits per heavy atom. The average molecular weight is 321 g/mol. The lowest BCUT2D eigenvalue weighted by atomic mass is 10.1. The molecule has 0 aliphatic rings. The van der Waals surface area contributed by atoms with Crippen molar-refractivity contribution in [1.29, 1.82) is 0 Å². The standard InChI is InChI=1S/C21H23NO2/c1-14-12-15(2)21(16(3)13-14)24-11-10-23-19-7-5-6-18-9-8-17(4)22-20(18)19/h5-9,12-13H,10-11H2,1-4H3. The van der Waals surface area contributed by atoms with Crippen LogP contribution in [0.25, 0.3) is 10.9 Å². The molecule has 0 amide bonds. The zero-order valence-corrected chi connectivity index (χ0v) is 14.7. The number of hydrogen-bond acceptors (Lipinski definition) is 3. The van der Waals surface area contributed by atoms with Gasteiger partial charge in [0.05, 0.1) is 0 Å². The van der Waals surface area contributed by atoms with Crippen molar-refractivity contribution >= 4 is 10.9 Å². The Balaban J connectivity index is 1.67. The normalized spacial score (nSPS) is 10.8. The molecule has 0 atom stereocenters. The van der Waals surface area contributed by atoms with Gasteiger partial charge in [-0.1, -0.05) is 35.9 Å². The van der Waals surface area contributed by atoms with Gasteiger partial charge in [-0.2, -0.15) is 0 Å². The third-order valence-corrected chi connectivity index (χ3v) is 4.01. The van der Waals surface area contributed by atoms with E-state index in [0.717, 1.165) is 39.2 Å². The monoisotopic (exact) mass is 321 g/mol. The molecule has 0 aliphatic carbocycles. The van der Waals surface area contributed by atoms with Crippen LogP contribution in [-0.2, 0) is 0 Å². The summed E-state index contributed by atoms with van der Waals surface area (Å²) in [6, 6.07) is 14.4. The molecule has 3 rings (SSSR count). The van der Waals surface area contributed by atoms with E-state index in [9.17, 15) is 0 Å². The minimum Gasteiger partial charge on any atom is -0.489 e. The summed E-state index contributed by atoms with van der Waals surface area (Å²) in [5, 5.41) is 1.09. The summed E-state index contributed by atoms with van der Waals surface area (Å²) in [5.41, 5.74) is 5.47. The Morgan fingerprint density at radius 3 is 2.29 bits per heavy atom. The predicted octanol–water partition coefficient (Wildman–Crippen LogP) is 4.93.